The topological polar surface area (TPSA) is 51.2 Å². The third-order valence-electron chi connectivity index (χ3n) is 1.83. The first-order valence-corrected chi connectivity index (χ1v) is 4.65. The van der Waals surface area contributed by atoms with Crippen LogP contribution < -0.4 is 11.3 Å². The number of hydrogen-bond acceptors (Lipinski definition) is 3. The van der Waals surface area contributed by atoms with Gasteiger partial charge in [-0.3, -0.25) is 11.3 Å². The summed E-state index contributed by atoms with van der Waals surface area (Å²) >= 11 is 3.31. The van der Waals surface area contributed by atoms with Crippen molar-refractivity contribution in [1.82, 2.24) is 5.43 Å². The van der Waals surface area contributed by atoms with E-state index in [1.54, 1.807) is 6.26 Å². The van der Waals surface area contributed by atoms with E-state index in [1.807, 2.05) is 6.07 Å². The molecule has 4 heteroatoms. The quantitative estimate of drug-likeness (QED) is 0.621. The first kappa shape index (κ1) is 9.77. The number of rotatable bonds is 3. The molecule has 0 saturated carbocycles. The first-order chi connectivity index (χ1) is 5.66. The second-order valence-electron chi connectivity index (χ2n) is 3.04. The number of hydrogen-bond donors (Lipinski definition) is 2. The lowest BCUT2D eigenvalue weighted by Crippen LogP contribution is -2.31. The Morgan fingerprint density at radius 3 is 2.58 bits per heavy atom. The molecular weight excluding hydrogens is 220 g/mol. The Balaban J connectivity index is 2.87. The van der Waals surface area contributed by atoms with Crippen LogP contribution in [0, 0.1) is 5.92 Å². The van der Waals surface area contributed by atoms with Gasteiger partial charge in [0.1, 0.15) is 0 Å². The molecule has 1 atom stereocenters. The molecule has 1 aromatic rings. The Labute approximate surface area is 80.4 Å². The Bertz CT molecular complexity index is 247. The molecule has 1 rings (SSSR count). The largest absolute Gasteiger partial charge is 0.457 e. The van der Waals surface area contributed by atoms with Crippen LogP contribution in [0.4, 0.5) is 0 Å². The summed E-state index contributed by atoms with van der Waals surface area (Å²) in [5.41, 5.74) is 3.82. The van der Waals surface area contributed by atoms with E-state index in [-0.39, 0.29) is 6.04 Å². The molecule has 1 heterocycles. The normalized spacial score (nSPS) is 13.8. The second-order valence-corrected chi connectivity index (χ2v) is 3.76. The molecule has 1 unspecified atom stereocenters. The van der Waals surface area contributed by atoms with Gasteiger partial charge in [-0.2, -0.15) is 0 Å². The summed E-state index contributed by atoms with van der Waals surface area (Å²) in [6.07, 6.45) is 1.64. The summed E-state index contributed by atoms with van der Waals surface area (Å²) in [5, 5.41) is 0. The molecule has 0 radical (unpaired) electrons. The summed E-state index contributed by atoms with van der Waals surface area (Å²) in [5.74, 6) is 5.86. The molecule has 0 bridgehead atoms. The van der Waals surface area contributed by atoms with Gasteiger partial charge in [0.25, 0.3) is 0 Å². The van der Waals surface area contributed by atoms with Gasteiger partial charge in [-0.25, -0.2) is 0 Å². The fourth-order valence-corrected chi connectivity index (χ4v) is 1.65. The zero-order valence-corrected chi connectivity index (χ0v) is 8.76. The molecule has 0 aromatic carbocycles. The van der Waals surface area contributed by atoms with Crippen LogP contribution in [-0.2, 0) is 0 Å². The zero-order chi connectivity index (χ0) is 9.14. The van der Waals surface area contributed by atoms with Gasteiger partial charge in [-0.15, -0.1) is 0 Å². The van der Waals surface area contributed by atoms with E-state index in [0.717, 1.165) is 10.2 Å². The van der Waals surface area contributed by atoms with Gasteiger partial charge >= 0.3 is 0 Å². The number of hydrazine groups is 1. The number of nitrogens with two attached hydrogens (primary N) is 1. The molecule has 12 heavy (non-hydrogen) atoms. The number of furan rings is 1. The van der Waals surface area contributed by atoms with Crippen LogP contribution in [0.15, 0.2) is 21.4 Å². The van der Waals surface area contributed by atoms with Crippen LogP contribution in [0.2, 0.25) is 0 Å². The van der Waals surface area contributed by atoms with E-state index in [1.165, 1.54) is 0 Å². The second kappa shape index (κ2) is 4.07. The van der Waals surface area contributed by atoms with E-state index < -0.39 is 0 Å². The highest BCUT2D eigenvalue weighted by atomic mass is 79.9. The molecule has 0 saturated heterocycles. The van der Waals surface area contributed by atoms with Gasteiger partial charge in [-0.05, 0) is 27.9 Å². The van der Waals surface area contributed by atoms with Crippen molar-refractivity contribution in [2.24, 2.45) is 11.8 Å². The van der Waals surface area contributed by atoms with E-state index in [4.69, 9.17) is 10.3 Å². The third-order valence-corrected chi connectivity index (χ3v) is 2.47. The number of nitrogens with one attached hydrogen (secondary N) is 1. The van der Waals surface area contributed by atoms with E-state index in [2.05, 4.69) is 35.2 Å². The lowest BCUT2D eigenvalue weighted by molar-refractivity contribution is 0.412. The first-order valence-electron chi connectivity index (χ1n) is 3.85. The molecule has 1 aromatic heterocycles. The fraction of sp³-hybridized carbons (Fsp3) is 0.500. The predicted octanol–water partition coefficient (Wildman–Crippen LogP) is 2.20. The molecule has 0 spiro atoms. The van der Waals surface area contributed by atoms with E-state index in [9.17, 15) is 0 Å². The standard InChI is InChI=1S/C8H13BrN2O/c1-5(2)7(11-10)6-3-4-12-8(6)9/h3-5,7,11H,10H2,1-2H3. The van der Waals surface area contributed by atoms with Crippen molar-refractivity contribution in [3.8, 4) is 0 Å². The van der Waals surface area contributed by atoms with Gasteiger partial charge in [0.05, 0.1) is 12.3 Å². The van der Waals surface area contributed by atoms with Crippen molar-refractivity contribution in [1.29, 1.82) is 0 Å². The molecule has 68 valence electrons. The maximum absolute atomic E-state index is 5.42. The predicted molar refractivity (Wildman–Crippen MR) is 51.3 cm³/mol. The van der Waals surface area contributed by atoms with Crippen molar-refractivity contribution < 1.29 is 4.42 Å². The minimum absolute atomic E-state index is 0.137. The Hall–Kier alpha value is -0.320. The lowest BCUT2D eigenvalue weighted by atomic mass is 9.99. The summed E-state index contributed by atoms with van der Waals surface area (Å²) in [6, 6.07) is 2.05. The Morgan fingerprint density at radius 2 is 2.25 bits per heavy atom. The maximum atomic E-state index is 5.42. The van der Waals surface area contributed by atoms with Crippen LogP contribution in [-0.4, -0.2) is 0 Å². The van der Waals surface area contributed by atoms with Crippen LogP contribution in [0.25, 0.3) is 0 Å². The molecule has 0 aliphatic heterocycles. The van der Waals surface area contributed by atoms with E-state index >= 15 is 0 Å². The zero-order valence-electron chi connectivity index (χ0n) is 7.17. The lowest BCUT2D eigenvalue weighted by Gasteiger charge is -2.18. The highest BCUT2D eigenvalue weighted by molar-refractivity contribution is 9.10. The van der Waals surface area contributed by atoms with Gasteiger partial charge < -0.3 is 4.42 Å². The van der Waals surface area contributed by atoms with Gasteiger partial charge in [0, 0.05) is 5.56 Å². The highest BCUT2D eigenvalue weighted by Crippen LogP contribution is 2.28. The van der Waals surface area contributed by atoms with E-state index in [0.29, 0.717) is 5.92 Å². The van der Waals surface area contributed by atoms with Gasteiger partial charge in [0.15, 0.2) is 4.67 Å². The third kappa shape index (κ3) is 1.88. The molecule has 0 aliphatic rings. The molecule has 3 nitrogen and oxygen atoms in total. The summed E-state index contributed by atoms with van der Waals surface area (Å²) < 4.78 is 5.87. The van der Waals surface area contributed by atoms with Crippen molar-refractivity contribution >= 4 is 15.9 Å². The van der Waals surface area contributed by atoms with Gasteiger partial charge in [-0.1, -0.05) is 13.8 Å². The Morgan fingerprint density at radius 1 is 1.58 bits per heavy atom. The van der Waals surface area contributed by atoms with Crippen LogP contribution in [0.5, 0.6) is 0 Å². The van der Waals surface area contributed by atoms with Crippen molar-refractivity contribution in [3.05, 3.63) is 22.6 Å². The number of halogens is 1. The minimum Gasteiger partial charge on any atom is -0.457 e. The average molecular weight is 233 g/mol. The molecule has 3 N–H and O–H groups in total. The fourth-order valence-electron chi connectivity index (χ4n) is 1.17. The highest BCUT2D eigenvalue weighted by Gasteiger charge is 2.18. The average Bonchev–Trinajstić information content (AvgIpc) is 2.38. The maximum Gasteiger partial charge on any atom is 0.173 e. The summed E-state index contributed by atoms with van der Waals surface area (Å²) in [6.45, 7) is 4.20. The van der Waals surface area contributed by atoms with Crippen LogP contribution in [0.1, 0.15) is 25.5 Å². The van der Waals surface area contributed by atoms with Crippen molar-refractivity contribution in [2.75, 3.05) is 0 Å². The molecule has 0 amide bonds. The van der Waals surface area contributed by atoms with Crippen molar-refractivity contribution in [3.63, 3.8) is 0 Å². The van der Waals surface area contributed by atoms with Crippen LogP contribution >= 0.6 is 15.9 Å². The monoisotopic (exact) mass is 232 g/mol. The van der Waals surface area contributed by atoms with Crippen LogP contribution in [0.3, 0.4) is 0 Å². The minimum atomic E-state index is 0.137. The van der Waals surface area contributed by atoms with Crippen molar-refractivity contribution in [2.45, 2.75) is 19.9 Å². The van der Waals surface area contributed by atoms with Gasteiger partial charge in [0.2, 0.25) is 0 Å². The Kier molecular flexibility index (Phi) is 3.31. The molecule has 0 aliphatic carbocycles. The molecular formula is C8H13BrN2O. The molecule has 0 fully saturated rings. The summed E-state index contributed by atoms with van der Waals surface area (Å²) in [4.78, 5) is 0. The SMILES string of the molecule is CC(C)C(NN)c1ccoc1Br. The smallest absolute Gasteiger partial charge is 0.173 e. The summed E-state index contributed by atoms with van der Waals surface area (Å²) in [7, 11) is 0.